The van der Waals surface area contributed by atoms with Crippen molar-refractivity contribution >= 4 is 5.91 Å². The lowest BCUT2D eigenvalue weighted by molar-refractivity contribution is 0.0953. The van der Waals surface area contributed by atoms with E-state index in [1.54, 1.807) is 12.1 Å². The van der Waals surface area contributed by atoms with Gasteiger partial charge in [0.1, 0.15) is 0 Å². The molecule has 63 valence electrons. The van der Waals surface area contributed by atoms with Crippen molar-refractivity contribution in [3.63, 3.8) is 0 Å². The van der Waals surface area contributed by atoms with Gasteiger partial charge in [0.15, 0.2) is 0 Å². The van der Waals surface area contributed by atoms with Crippen LogP contribution in [-0.4, -0.2) is 5.91 Å². The second-order valence-electron chi connectivity index (χ2n) is 2.35. The maximum atomic E-state index is 11.1. The largest absolute Gasteiger partial charge is 0.290 e. The van der Waals surface area contributed by atoms with Gasteiger partial charge in [-0.15, -0.1) is 0 Å². The van der Waals surface area contributed by atoms with E-state index in [9.17, 15) is 4.79 Å². The molecule has 0 saturated heterocycles. The standard InChI is InChI=1S/C9H11N2O/c1-2-7-5-3-4-6-8(7)9(12)11-10/h2-6H,10H2,1H3,(H,11,12). The van der Waals surface area contributed by atoms with E-state index in [0.717, 1.165) is 5.56 Å². The number of nitrogens with two attached hydrogens (primary N) is 1. The average molecular weight is 163 g/mol. The second-order valence-corrected chi connectivity index (χ2v) is 2.35. The van der Waals surface area contributed by atoms with Gasteiger partial charge in [0.05, 0.1) is 0 Å². The molecule has 1 radical (unpaired) electrons. The molecule has 0 bridgehead atoms. The third-order valence-electron chi connectivity index (χ3n) is 1.65. The van der Waals surface area contributed by atoms with E-state index in [4.69, 9.17) is 5.84 Å². The molecule has 1 aromatic carbocycles. The number of nitrogen functional groups attached to an aromatic ring is 1. The number of amides is 1. The van der Waals surface area contributed by atoms with Crippen LogP contribution in [0.3, 0.4) is 0 Å². The van der Waals surface area contributed by atoms with E-state index in [2.05, 4.69) is 5.43 Å². The first-order valence-electron chi connectivity index (χ1n) is 3.69. The monoisotopic (exact) mass is 163 g/mol. The number of nitrogens with one attached hydrogen (secondary N) is 1. The lowest BCUT2D eigenvalue weighted by atomic mass is 10.1. The zero-order valence-electron chi connectivity index (χ0n) is 6.87. The maximum Gasteiger partial charge on any atom is 0.265 e. The highest BCUT2D eigenvalue weighted by atomic mass is 16.2. The summed E-state index contributed by atoms with van der Waals surface area (Å²) < 4.78 is 0. The molecule has 1 aromatic rings. The molecule has 0 fully saturated rings. The molecule has 1 rings (SSSR count). The van der Waals surface area contributed by atoms with Crippen LogP contribution < -0.4 is 11.3 Å². The highest BCUT2D eigenvalue weighted by molar-refractivity contribution is 5.95. The Labute approximate surface area is 71.5 Å². The summed E-state index contributed by atoms with van der Waals surface area (Å²) in [5.74, 6) is 4.75. The highest BCUT2D eigenvalue weighted by Gasteiger charge is 2.06. The summed E-state index contributed by atoms with van der Waals surface area (Å²) in [5.41, 5.74) is 3.59. The van der Waals surface area contributed by atoms with Crippen LogP contribution in [0, 0.1) is 6.42 Å². The summed E-state index contributed by atoms with van der Waals surface area (Å²) in [5, 5.41) is 0. The van der Waals surface area contributed by atoms with Gasteiger partial charge in [-0.05, 0) is 18.1 Å². The molecule has 0 aliphatic carbocycles. The second kappa shape index (κ2) is 3.88. The molecule has 0 unspecified atom stereocenters. The Morgan fingerprint density at radius 1 is 1.50 bits per heavy atom. The van der Waals surface area contributed by atoms with Crippen LogP contribution in [0.25, 0.3) is 0 Å². The summed E-state index contributed by atoms with van der Waals surface area (Å²) in [6.45, 7) is 1.88. The predicted octanol–water partition coefficient (Wildman–Crippen LogP) is 0.862. The van der Waals surface area contributed by atoms with Crippen LogP contribution in [0.4, 0.5) is 0 Å². The van der Waals surface area contributed by atoms with Gasteiger partial charge >= 0.3 is 0 Å². The summed E-state index contributed by atoms with van der Waals surface area (Å²) in [4.78, 5) is 11.1. The minimum atomic E-state index is -0.260. The van der Waals surface area contributed by atoms with Gasteiger partial charge < -0.3 is 0 Å². The van der Waals surface area contributed by atoms with E-state index in [1.807, 2.05) is 25.5 Å². The molecule has 3 nitrogen and oxygen atoms in total. The van der Waals surface area contributed by atoms with E-state index >= 15 is 0 Å². The van der Waals surface area contributed by atoms with Crippen molar-refractivity contribution in [3.8, 4) is 0 Å². The fraction of sp³-hybridized carbons (Fsp3) is 0.111. The molecule has 0 saturated carbocycles. The first kappa shape index (κ1) is 8.74. The van der Waals surface area contributed by atoms with Gasteiger partial charge in [0, 0.05) is 5.56 Å². The van der Waals surface area contributed by atoms with Crippen LogP contribution in [0.2, 0.25) is 0 Å². The Morgan fingerprint density at radius 2 is 2.17 bits per heavy atom. The molecule has 0 atom stereocenters. The Kier molecular flexibility index (Phi) is 2.82. The smallest absolute Gasteiger partial charge is 0.265 e. The Hall–Kier alpha value is -1.35. The minimum absolute atomic E-state index is 0.260. The normalized spacial score (nSPS) is 9.50. The quantitative estimate of drug-likeness (QED) is 0.386. The number of rotatable bonds is 2. The van der Waals surface area contributed by atoms with Gasteiger partial charge in [-0.2, -0.15) is 0 Å². The van der Waals surface area contributed by atoms with E-state index in [0.29, 0.717) is 5.56 Å². The van der Waals surface area contributed by atoms with E-state index in [1.165, 1.54) is 0 Å². The molecule has 0 aromatic heterocycles. The first-order chi connectivity index (χ1) is 5.79. The maximum absolute atomic E-state index is 11.1. The van der Waals surface area contributed by atoms with Gasteiger partial charge in [0.2, 0.25) is 0 Å². The fourth-order valence-corrected chi connectivity index (χ4v) is 1.03. The van der Waals surface area contributed by atoms with Crippen molar-refractivity contribution in [2.45, 2.75) is 6.92 Å². The van der Waals surface area contributed by atoms with Crippen molar-refractivity contribution in [1.82, 2.24) is 5.43 Å². The van der Waals surface area contributed by atoms with Crippen molar-refractivity contribution in [2.24, 2.45) is 5.84 Å². The van der Waals surface area contributed by atoms with Crippen molar-refractivity contribution in [3.05, 3.63) is 41.8 Å². The predicted molar refractivity (Wildman–Crippen MR) is 47.2 cm³/mol. The Balaban J connectivity index is 3.04. The molecule has 3 heteroatoms. The number of benzene rings is 1. The van der Waals surface area contributed by atoms with Crippen LogP contribution in [0.5, 0.6) is 0 Å². The molecule has 0 aliphatic heterocycles. The summed E-state index contributed by atoms with van der Waals surface area (Å²) in [6, 6.07) is 7.28. The zero-order valence-corrected chi connectivity index (χ0v) is 6.87. The van der Waals surface area contributed by atoms with E-state index in [-0.39, 0.29) is 5.91 Å². The number of hydrazine groups is 1. The molecule has 12 heavy (non-hydrogen) atoms. The molecule has 0 heterocycles. The van der Waals surface area contributed by atoms with Crippen LogP contribution >= 0.6 is 0 Å². The van der Waals surface area contributed by atoms with Gasteiger partial charge in [-0.3, -0.25) is 10.2 Å². The summed E-state index contributed by atoms with van der Waals surface area (Å²) in [7, 11) is 0. The van der Waals surface area contributed by atoms with Gasteiger partial charge in [0.25, 0.3) is 5.91 Å². The van der Waals surface area contributed by atoms with Crippen molar-refractivity contribution < 1.29 is 4.79 Å². The Bertz CT molecular complexity index is 284. The SMILES string of the molecule is C[CH]c1ccccc1C(=O)NN. The fourth-order valence-electron chi connectivity index (χ4n) is 1.03. The van der Waals surface area contributed by atoms with Gasteiger partial charge in [-0.1, -0.05) is 25.1 Å². The highest BCUT2D eigenvalue weighted by Crippen LogP contribution is 2.09. The molecular weight excluding hydrogens is 152 g/mol. The molecular formula is C9H11N2O. The third kappa shape index (κ3) is 1.62. The van der Waals surface area contributed by atoms with Gasteiger partial charge in [-0.25, -0.2) is 5.84 Å². The Morgan fingerprint density at radius 3 is 2.75 bits per heavy atom. The van der Waals surface area contributed by atoms with Crippen molar-refractivity contribution in [1.29, 1.82) is 0 Å². The van der Waals surface area contributed by atoms with E-state index < -0.39 is 0 Å². The lowest BCUT2D eigenvalue weighted by Gasteiger charge is -2.04. The lowest BCUT2D eigenvalue weighted by Crippen LogP contribution is -2.30. The molecule has 0 spiro atoms. The molecule has 1 amide bonds. The summed E-state index contributed by atoms with van der Waals surface area (Å²) >= 11 is 0. The number of hydrogen-bond acceptors (Lipinski definition) is 2. The van der Waals surface area contributed by atoms with Crippen LogP contribution in [0.15, 0.2) is 24.3 Å². The first-order valence-corrected chi connectivity index (χ1v) is 3.69. The van der Waals surface area contributed by atoms with Crippen LogP contribution in [-0.2, 0) is 0 Å². The van der Waals surface area contributed by atoms with Crippen LogP contribution in [0.1, 0.15) is 22.8 Å². The minimum Gasteiger partial charge on any atom is -0.290 e. The third-order valence-corrected chi connectivity index (χ3v) is 1.65. The molecule has 3 N–H and O–H groups in total. The molecule has 0 aliphatic rings. The number of hydrogen-bond donors (Lipinski definition) is 2. The summed E-state index contributed by atoms with van der Waals surface area (Å²) in [6.07, 6.45) is 1.87. The number of carbonyl (C=O) groups is 1. The average Bonchev–Trinajstić information content (AvgIpc) is 2.16. The zero-order chi connectivity index (χ0) is 8.97. The van der Waals surface area contributed by atoms with Crippen molar-refractivity contribution in [2.75, 3.05) is 0 Å². The number of carbonyl (C=O) groups excluding carboxylic acids is 1. The topological polar surface area (TPSA) is 55.1 Å².